The van der Waals surface area contributed by atoms with Crippen molar-refractivity contribution in [1.82, 2.24) is 14.0 Å². The molecule has 2 rings (SSSR count). The quantitative estimate of drug-likeness (QED) is 0.800. The molecule has 1 aliphatic rings. The van der Waals surface area contributed by atoms with Gasteiger partial charge in [0, 0.05) is 31.5 Å². The van der Waals surface area contributed by atoms with Crippen molar-refractivity contribution in [3.8, 4) is 0 Å². The maximum absolute atomic E-state index is 12.0. The van der Waals surface area contributed by atoms with Gasteiger partial charge in [-0.1, -0.05) is 13.3 Å². The summed E-state index contributed by atoms with van der Waals surface area (Å²) in [6.45, 7) is 4.98. The van der Waals surface area contributed by atoms with E-state index in [1.165, 1.54) is 25.8 Å². The predicted molar refractivity (Wildman–Crippen MR) is 73.9 cm³/mol. The second-order valence-corrected chi connectivity index (χ2v) is 5.39. The van der Waals surface area contributed by atoms with Crippen molar-refractivity contribution < 1.29 is 0 Å². The van der Waals surface area contributed by atoms with Crippen LogP contribution in [0.1, 0.15) is 39.0 Å². The number of likely N-dealkylation sites (tertiary alicyclic amines) is 1. The van der Waals surface area contributed by atoms with Crippen molar-refractivity contribution in [2.24, 2.45) is 0 Å². The minimum absolute atomic E-state index is 0.148. The van der Waals surface area contributed by atoms with Crippen molar-refractivity contribution in [3.63, 3.8) is 0 Å². The summed E-state index contributed by atoms with van der Waals surface area (Å²) in [5.74, 6) is 0. The SMILES string of the molecule is CCCn1ccn(CCC2CCCCN2C)c1=O. The Morgan fingerprint density at radius 1 is 1.22 bits per heavy atom. The number of aromatic nitrogens is 2. The fraction of sp³-hybridized carbons (Fsp3) is 0.786. The molecule has 2 heterocycles. The van der Waals surface area contributed by atoms with Gasteiger partial charge in [-0.15, -0.1) is 0 Å². The fourth-order valence-corrected chi connectivity index (χ4v) is 2.83. The third kappa shape index (κ3) is 3.05. The van der Waals surface area contributed by atoms with E-state index in [2.05, 4.69) is 18.9 Å². The van der Waals surface area contributed by atoms with Crippen LogP contribution in [0, 0.1) is 0 Å². The van der Waals surface area contributed by atoms with Gasteiger partial charge >= 0.3 is 5.69 Å². The molecule has 0 saturated carbocycles. The highest BCUT2D eigenvalue weighted by molar-refractivity contribution is 4.83. The molecule has 0 N–H and O–H groups in total. The summed E-state index contributed by atoms with van der Waals surface area (Å²) >= 11 is 0. The van der Waals surface area contributed by atoms with Crippen LogP contribution in [0.25, 0.3) is 0 Å². The maximum Gasteiger partial charge on any atom is 0.328 e. The number of nitrogens with zero attached hydrogens (tertiary/aromatic N) is 3. The molecule has 4 heteroatoms. The van der Waals surface area contributed by atoms with Gasteiger partial charge in [0.25, 0.3) is 0 Å². The smallest absolute Gasteiger partial charge is 0.303 e. The van der Waals surface area contributed by atoms with E-state index < -0.39 is 0 Å². The van der Waals surface area contributed by atoms with Gasteiger partial charge in [-0.2, -0.15) is 0 Å². The number of piperidine rings is 1. The summed E-state index contributed by atoms with van der Waals surface area (Å²) in [7, 11) is 2.20. The van der Waals surface area contributed by atoms with Gasteiger partial charge in [0.05, 0.1) is 0 Å². The molecule has 102 valence electrons. The van der Waals surface area contributed by atoms with Gasteiger partial charge in [-0.3, -0.25) is 9.13 Å². The summed E-state index contributed by atoms with van der Waals surface area (Å²) in [5.41, 5.74) is 0.148. The molecule has 18 heavy (non-hydrogen) atoms. The third-order valence-electron chi connectivity index (χ3n) is 4.01. The molecule has 1 aromatic rings. The Balaban J connectivity index is 1.91. The van der Waals surface area contributed by atoms with E-state index in [1.54, 1.807) is 0 Å². The lowest BCUT2D eigenvalue weighted by atomic mass is 10.0. The number of imidazole rings is 1. The first-order valence-electron chi connectivity index (χ1n) is 7.18. The first-order valence-corrected chi connectivity index (χ1v) is 7.18. The van der Waals surface area contributed by atoms with Gasteiger partial charge in [0.2, 0.25) is 0 Å². The predicted octanol–water partition coefficient (Wildman–Crippen LogP) is 1.93. The molecule has 4 nitrogen and oxygen atoms in total. The van der Waals surface area contributed by atoms with E-state index >= 15 is 0 Å². The van der Waals surface area contributed by atoms with Crippen molar-refractivity contribution in [2.75, 3.05) is 13.6 Å². The summed E-state index contributed by atoms with van der Waals surface area (Å²) in [5, 5.41) is 0. The second-order valence-electron chi connectivity index (χ2n) is 5.39. The highest BCUT2D eigenvalue weighted by atomic mass is 16.1. The van der Waals surface area contributed by atoms with Crippen molar-refractivity contribution >= 4 is 0 Å². The Morgan fingerprint density at radius 3 is 2.61 bits per heavy atom. The lowest BCUT2D eigenvalue weighted by molar-refractivity contribution is 0.170. The van der Waals surface area contributed by atoms with E-state index in [4.69, 9.17) is 0 Å². The summed E-state index contributed by atoms with van der Waals surface area (Å²) in [4.78, 5) is 14.5. The largest absolute Gasteiger partial charge is 0.328 e. The first-order chi connectivity index (χ1) is 8.72. The van der Waals surface area contributed by atoms with Gasteiger partial charge in [0.1, 0.15) is 0 Å². The highest BCUT2D eigenvalue weighted by Gasteiger charge is 2.18. The molecule has 1 unspecified atom stereocenters. The normalized spacial score (nSPS) is 21.3. The highest BCUT2D eigenvalue weighted by Crippen LogP contribution is 2.17. The zero-order valence-corrected chi connectivity index (χ0v) is 11.6. The Morgan fingerprint density at radius 2 is 1.94 bits per heavy atom. The van der Waals surface area contributed by atoms with Crippen molar-refractivity contribution in [3.05, 3.63) is 22.9 Å². The Hall–Kier alpha value is -1.03. The molecule has 0 radical (unpaired) electrons. The number of rotatable bonds is 5. The van der Waals surface area contributed by atoms with Crippen molar-refractivity contribution in [2.45, 2.75) is 58.2 Å². The number of aryl methyl sites for hydroxylation is 2. The molecule has 1 aromatic heterocycles. The Bertz CT molecular complexity index is 421. The molecule has 0 bridgehead atoms. The van der Waals surface area contributed by atoms with Crippen LogP contribution in [-0.4, -0.2) is 33.7 Å². The first kappa shape index (κ1) is 13.4. The Labute approximate surface area is 109 Å². The minimum atomic E-state index is 0.148. The average molecular weight is 251 g/mol. The number of hydrogen-bond donors (Lipinski definition) is 0. The maximum atomic E-state index is 12.0. The third-order valence-corrected chi connectivity index (χ3v) is 4.01. The molecule has 0 amide bonds. The zero-order valence-electron chi connectivity index (χ0n) is 11.6. The molecule has 0 spiro atoms. The summed E-state index contributed by atoms with van der Waals surface area (Å²) < 4.78 is 3.67. The van der Waals surface area contributed by atoms with E-state index in [-0.39, 0.29) is 5.69 Å². The molecule has 1 aliphatic heterocycles. The fourth-order valence-electron chi connectivity index (χ4n) is 2.83. The van der Waals surface area contributed by atoms with Crippen LogP contribution >= 0.6 is 0 Å². The monoisotopic (exact) mass is 251 g/mol. The molecule has 0 aliphatic carbocycles. The van der Waals surface area contributed by atoms with Crippen LogP contribution < -0.4 is 5.69 Å². The van der Waals surface area contributed by atoms with Gasteiger partial charge in [-0.05, 0) is 39.3 Å². The molecule has 1 atom stereocenters. The van der Waals surface area contributed by atoms with Gasteiger partial charge < -0.3 is 4.90 Å². The van der Waals surface area contributed by atoms with Crippen LogP contribution in [0.15, 0.2) is 17.2 Å². The molecule has 1 fully saturated rings. The van der Waals surface area contributed by atoms with E-state index in [0.29, 0.717) is 6.04 Å². The van der Waals surface area contributed by atoms with E-state index in [9.17, 15) is 4.79 Å². The Kier molecular flexibility index (Phi) is 4.64. The standard InChI is InChI=1S/C14H25N3O/c1-3-8-16-11-12-17(14(16)18)10-7-13-6-4-5-9-15(13)2/h11-13H,3-10H2,1-2H3. The molecular formula is C14H25N3O. The van der Waals surface area contributed by atoms with Crippen LogP contribution in [0.2, 0.25) is 0 Å². The van der Waals surface area contributed by atoms with Crippen molar-refractivity contribution in [1.29, 1.82) is 0 Å². The zero-order chi connectivity index (χ0) is 13.0. The molecule has 1 saturated heterocycles. The van der Waals surface area contributed by atoms with Crippen LogP contribution in [0.3, 0.4) is 0 Å². The topological polar surface area (TPSA) is 30.2 Å². The lowest BCUT2D eigenvalue weighted by Gasteiger charge is -2.32. The minimum Gasteiger partial charge on any atom is -0.303 e. The van der Waals surface area contributed by atoms with Gasteiger partial charge in [0.15, 0.2) is 0 Å². The van der Waals surface area contributed by atoms with Gasteiger partial charge in [-0.25, -0.2) is 4.79 Å². The van der Waals surface area contributed by atoms with Crippen LogP contribution in [0.5, 0.6) is 0 Å². The summed E-state index contributed by atoms with van der Waals surface area (Å²) in [6, 6.07) is 0.653. The average Bonchev–Trinajstić information content (AvgIpc) is 2.71. The second kappa shape index (κ2) is 6.23. The van der Waals surface area contributed by atoms with E-state index in [1.807, 2.05) is 21.5 Å². The molecule has 0 aromatic carbocycles. The van der Waals surface area contributed by atoms with E-state index in [0.717, 1.165) is 25.9 Å². The van der Waals surface area contributed by atoms with Crippen LogP contribution in [-0.2, 0) is 13.1 Å². The summed E-state index contributed by atoms with van der Waals surface area (Å²) in [6.07, 6.45) is 9.88. The number of hydrogen-bond acceptors (Lipinski definition) is 2. The lowest BCUT2D eigenvalue weighted by Crippen LogP contribution is -2.37. The molecular weight excluding hydrogens is 226 g/mol. The van der Waals surface area contributed by atoms with Crippen LogP contribution in [0.4, 0.5) is 0 Å².